The molecule has 1 aromatic carbocycles. The van der Waals surface area contributed by atoms with Crippen LogP contribution in [0, 0.1) is 11.3 Å². The number of carbonyl (C=O) groups excluding carboxylic acids is 1. The zero-order valence-corrected chi connectivity index (χ0v) is 14.8. The summed E-state index contributed by atoms with van der Waals surface area (Å²) in [5.74, 6) is 0.996. The summed E-state index contributed by atoms with van der Waals surface area (Å²) in [7, 11) is 0. The summed E-state index contributed by atoms with van der Waals surface area (Å²) in [5, 5.41) is 11.9. The number of anilines is 1. The molecule has 0 N–H and O–H groups in total. The summed E-state index contributed by atoms with van der Waals surface area (Å²) in [5.41, 5.74) is 1.70. The second-order valence-corrected chi connectivity index (χ2v) is 7.41. The van der Waals surface area contributed by atoms with Gasteiger partial charge in [0.1, 0.15) is 22.9 Å². The Morgan fingerprint density at radius 3 is 3.00 bits per heavy atom. The number of benzene rings is 1. The van der Waals surface area contributed by atoms with E-state index in [0.717, 1.165) is 22.7 Å². The Morgan fingerprint density at radius 1 is 1.32 bits per heavy atom. The standard InChI is InChI=1S/C19H19N3O2S/c1-13-11-21(12-15-4-2-3-5-17(15)24-13)16-6-8-22(18(16)23)19-14(10-20)7-9-25-19/h2-5,7,9,13,16H,6,8,11-12H2,1H3. The molecule has 0 radical (unpaired) electrons. The number of fused-ring (bicyclic) bond motifs is 1. The number of rotatable bonds is 2. The van der Waals surface area contributed by atoms with Gasteiger partial charge in [-0.25, -0.2) is 0 Å². The van der Waals surface area contributed by atoms with Gasteiger partial charge >= 0.3 is 0 Å². The molecule has 2 unspecified atom stereocenters. The van der Waals surface area contributed by atoms with Gasteiger partial charge in [-0.15, -0.1) is 11.3 Å². The van der Waals surface area contributed by atoms with Crippen molar-refractivity contribution in [2.75, 3.05) is 18.0 Å². The highest BCUT2D eigenvalue weighted by atomic mass is 32.1. The molecule has 1 fully saturated rings. The van der Waals surface area contributed by atoms with Crippen LogP contribution in [0.15, 0.2) is 35.7 Å². The van der Waals surface area contributed by atoms with E-state index in [9.17, 15) is 10.1 Å². The van der Waals surface area contributed by atoms with Crippen LogP contribution >= 0.6 is 11.3 Å². The van der Waals surface area contributed by atoms with E-state index >= 15 is 0 Å². The molecule has 0 spiro atoms. The minimum atomic E-state index is -0.161. The number of thiophene rings is 1. The number of hydrogen-bond donors (Lipinski definition) is 0. The van der Waals surface area contributed by atoms with Crippen molar-refractivity contribution in [2.24, 2.45) is 0 Å². The van der Waals surface area contributed by atoms with Crippen molar-refractivity contribution in [1.82, 2.24) is 4.90 Å². The first-order valence-corrected chi connectivity index (χ1v) is 9.33. The van der Waals surface area contributed by atoms with E-state index in [2.05, 4.69) is 17.0 Å². The van der Waals surface area contributed by atoms with E-state index in [1.54, 1.807) is 11.0 Å². The Morgan fingerprint density at radius 2 is 2.16 bits per heavy atom. The quantitative estimate of drug-likeness (QED) is 0.833. The summed E-state index contributed by atoms with van der Waals surface area (Å²) >= 11 is 1.46. The molecule has 25 heavy (non-hydrogen) atoms. The van der Waals surface area contributed by atoms with Crippen LogP contribution in [0.25, 0.3) is 0 Å². The summed E-state index contributed by atoms with van der Waals surface area (Å²) in [4.78, 5) is 17.0. The SMILES string of the molecule is CC1CN(C2CCN(c3sccc3C#N)C2=O)Cc2ccccc2O1. The molecule has 2 atom stereocenters. The zero-order valence-electron chi connectivity index (χ0n) is 14.0. The minimum absolute atomic E-state index is 0.0295. The van der Waals surface area contributed by atoms with Crippen molar-refractivity contribution < 1.29 is 9.53 Å². The number of nitrogens with zero attached hydrogens (tertiary/aromatic N) is 3. The Labute approximate surface area is 151 Å². The molecular weight excluding hydrogens is 334 g/mol. The molecule has 0 saturated carbocycles. The third-order valence-electron chi connectivity index (χ3n) is 4.79. The van der Waals surface area contributed by atoms with Crippen molar-refractivity contribution in [3.05, 3.63) is 46.8 Å². The number of hydrogen-bond acceptors (Lipinski definition) is 5. The van der Waals surface area contributed by atoms with E-state index < -0.39 is 0 Å². The lowest BCUT2D eigenvalue weighted by atomic mass is 10.1. The average Bonchev–Trinajstić information content (AvgIpc) is 3.17. The maximum atomic E-state index is 13.0. The molecule has 5 nitrogen and oxygen atoms in total. The van der Waals surface area contributed by atoms with E-state index in [4.69, 9.17) is 4.74 Å². The molecule has 1 aromatic heterocycles. The van der Waals surface area contributed by atoms with E-state index in [1.165, 1.54) is 11.3 Å². The molecule has 128 valence electrons. The average molecular weight is 353 g/mol. The highest BCUT2D eigenvalue weighted by Crippen LogP contribution is 2.34. The van der Waals surface area contributed by atoms with Gasteiger partial charge in [0.15, 0.2) is 0 Å². The molecule has 4 rings (SSSR count). The molecule has 3 heterocycles. The maximum Gasteiger partial charge on any atom is 0.245 e. The molecule has 2 aromatic rings. The van der Waals surface area contributed by atoms with Crippen molar-refractivity contribution in [3.8, 4) is 11.8 Å². The third-order valence-corrected chi connectivity index (χ3v) is 5.73. The first kappa shape index (κ1) is 16.1. The first-order valence-electron chi connectivity index (χ1n) is 8.45. The lowest BCUT2D eigenvalue weighted by Gasteiger charge is -2.27. The summed E-state index contributed by atoms with van der Waals surface area (Å²) < 4.78 is 6.01. The van der Waals surface area contributed by atoms with E-state index in [0.29, 0.717) is 25.2 Å². The number of amides is 1. The Balaban J connectivity index is 1.58. The molecule has 1 amide bonds. The molecule has 6 heteroatoms. The fourth-order valence-electron chi connectivity index (χ4n) is 3.66. The topological polar surface area (TPSA) is 56.6 Å². The number of nitriles is 1. The minimum Gasteiger partial charge on any atom is -0.489 e. The molecule has 0 aliphatic carbocycles. The predicted molar refractivity (Wildman–Crippen MR) is 96.7 cm³/mol. The maximum absolute atomic E-state index is 13.0. The number of para-hydroxylation sites is 1. The van der Waals surface area contributed by atoms with Crippen molar-refractivity contribution >= 4 is 22.2 Å². The van der Waals surface area contributed by atoms with Crippen molar-refractivity contribution in [2.45, 2.75) is 32.0 Å². The molecule has 2 aliphatic heterocycles. The first-order chi connectivity index (χ1) is 12.2. The van der Waals surface area contributed by atoms with Gasteiger partial charge in [-0.05, 0) is 30.9 Å². The highest BCUT2D eigenvalue weighted by molar-refractivity contribution is 7.14. The zero-order chi connectivity index (χ0) is 17.4. The Kier molecular flexibility index (Phi) is 4.20. The van der Waals surface area contributed by atoms with Crippen molar-refractivity contribution in [1.29, 1.82) is 5.26 Å². The molecule has 2 aliphatic rings. The van der Waals surface area contributed by atoms with Crippen LogP contribution in [-0.2, 0) is 11.3 Å². The Bertz CT molecular complexity index is 841. The summed E-state index contributed by atoms with van der Waals surface area (Å²) in [6.07, 6.45) is 0.804. The van der Waals surface area contributed by atoms with Crippen LogP contribution in [0.3, 0.4) is 0 Å². The fraction of sp³-hybridized carbons (Fsp3) is 0.368. The van der Waals surface area contributed by atoms with Crippen LogP contribution in [0.5, 0.6) is 5.75 Å². The van der Waals surface area contributed by atoms with Crippen LogP contribution in [0.4, 0.5) is 5.00 Å². The second kappa shape index (κ2) is 6.51. The van der Waals surface area contributed by atoms with Crippen LogP contribution in [-0.4, -0.2) is 36.0 Å². The van der Waals surface area contributed by atoms with Crippen LogP contribution in [0.1, 0.15) is 24.5 Å². The van der Waals surface area contributed by atoms with Gasteiger partial charge in [0.2, 0.25) is 5.91 Å². The highest BCUT2D eigenvalue weighted by Gasteiger charge is 2.39. The van der Waals surface area contributed by atoms with Gasteiger partial charge in [0.05, 0.1) is 11.6 Å². The fourth-order valence-corrected chi connectivity index (χ4v) is 4.54. The van der Waals surface area contributed by atoms with Gasteiger partial charge < -0.3 is 9.64 Å². The molecule has 0 bridgehead atoms. The van der Waals surface area contributed by atoms with Gasteiger partial charge in [-0.2, -0.15) is 5.26 Å². The molecular formula is C19H19N3O2S. The summed E-state index contributed by atoms with van der Waals surface area (Å²) in [6.45, 7) is 4.13. The number of ether oxygens (including phenoxy) is 1. The predicted octanol–water partition coefficient (Wildman–Crippen LogP) is 3.01. The van der Waals surface area contributed by atoms with Crippen molar-refractivity contribution in [3.63, 3.8) is 0 Å². The van der Waals surface area contributed by atoms with E-state index in [1.807, 2.05) is 30.5 Å². The third kappa shape index (κ3) is 2.90. The van der Waals surface area contributed by atoms with Crippen LogP contribution in [0.2, 0.25) is 0 Å². The van der Waals surface area contributed by atoms with Gasteiger partial charge in [-0.3, -0.25) is 9.69 Å². The second-order valence-electron chi connectivity index (χ2n) is 6.51. The lowest BCUT2D eigenvalue weighted by molar-refractivity contribution is -0.122. The monoisotopic (exact) mass is 353 g/mol. The summed E-state index contributed by atoms with van der Waals surface area (Å²) in [6, 6.07) is 11.8. The van der Waals surface area contributed by atoms with E-state index in [-0.39, 0.29) is 18.1 Å². The van der Waals surface area contributed by atoms with Gasteiger partial charge in [-0.1, -0.05) is 18.2 Å². The molecule has 1 saturated heterocycles. The van der Waals surface area contributed by atoms with Crippen LogP contribution < -0.4 is 9.64 Å². The lowest BCUT2D eigenvalue weighted by Crippen LogP contribution is -2.44. The largest absolute Gasteiger partial charge is 0.489 e. The van der Waals surface area contributed by atoms with Gasteiger partial charge in [0.25, 0.3) is 0 Å². The van der Waals surface area contributed by atoms with Gasteiger partial charge in [0, 0.05) is 25.2 Å². The smallest absolute Gasteiger partial charge is 0.245 e. The number of carbonyl (C=O) groups is 1. The Hall–Kier alpha value is -2.36. The normalized spacial score (nSPS) is 23.7.